The van der Waals surface area contributed by atoms with E-state index in [0.717, 1.165) is 0 Å². The minimum Gasteiger partial charge on any atom is -0.494 e. The number of carboxylic acids is 1. The predicted octanol–water partition coefficient (Wildman–Crippen LogP) is 0.649. The van der Waals surface area contributed by atoms with Gasteiger partial charge in [0.2, 0.25) is 0 Å². The van der Waals surface area contributed by atoms with Crippen molar-refractivity contribution in [2.75, 3.05) is 6.61 Å². The third kappa shape index (κ3) is 4.26. The van der Waals surface area contributed by atoms with Gasteiger partial charge in [0.25, 0.3) is 5.91 Å². The first kappa shape index (κ1) is 15.0. The van der Waals surface area contributed by atoms with E-state index in [1.54, 1.807) is 12.1 Å². The Labute approximate surface area is 111 Å². The number of ether oxygens (including phenoxy) is 1. The highest BCUT2D eigenvalue weighted by Gasteiger charge is 2.25. The maximum Gasteiger partial charge on any atom is 0.328 e. The Bertz CT molecular complexity index is 441. The van der Waals surface area contributed by atoms with Crippen LogP contribution in [0.3, 0.4) is 0 Å². The van der Waals surface area contributed by atoms with E-state index in [2.05, 4.69) is 5.32 Å². The summed E-state index contributed by atoms with van der Waals surface area (Å²) < 4.78 is 5.23. The molecule has 1 amide bonds. The lowest BCUT2D eigenvalue weighted by atomic mass is 10.1. The van der Waals surface area contributed by atoms with Crippen LogP contribution < -0.4 is 10.1 Å². The Kier molecular flexibility index (Phi) is 5.32. The Morgan fingerprint density at radius 1 is 1.32 bits per heavy atom. The average Bonchev–Trinajstić information content (AvgIpc) is 2.36. The van der Waals surface area contributed by atoms with Gasteiger partial charge < -0.3 is 20.3 Å². The smallest absolute Gasteiger partial charge is 0.328 e. The standard InChI is InChI=1S/C13H17NO5/c1-3-19-10-6-4-9(5-7-10)12(16)14-11(8(2)15)13(17)18/h4-8,11,15H,3H2,1-2H3,(H,14,16)(H,17,18)/t8-,11-/m1/s1. The molecule has 1 rings (SSSR count). The van der Waals surface area contributed by atoms with E-state index in [-0.39, 0.29) is 0 Å². The van der Waals surface area contributed by atoms with Crippen LogP contribution in [0, 0.1) is 0 Å². The fourth-order valence-corrected chi connectivity index (χ4v) is 1.48. The van der Waals surface area contributed by atoms with Crippen molar-refractivity contribution < 1.29 is 24.5 Å². The maximum absolute atomic E-state index is 11.8. The van der Waals surface area contributed by atoms with Gasteiger partial charge in [0.15, 0.2) is 6.04 Å². The Balaban J connectivity index is 2.74. The van der Waals surface area contributed by atoms with E-state index in [0.29, 0.717) is 17.9 Å². The van der Waals surface area contributed by atoms with Gasteiger partial charge in [0.1, 0.15) is 5.75 Å². The molecule has 1 aromatic rings. The van der Waals surface area contributed by atoms with E-state index in [1.165, 1.54) is 19.1 Å². The Hall–Kier alpha value is -2.08. The van der Waals surface area contributed by atoms with Crippen LogP contribution in [-0.2, 0) is 4.79 Å². The summed E-state index contributed by atoms with van der Waals surface area (Å²) in [7, 11) is 0. The molecule has 6 heteroatoms. The van der Waals surface area contributed by atoms with E-state index in [4.69, 9.17) is 9.84 Å². The second-order valence-corrected chi connectivity index (χ2v) is 3.99. The van der Waals surface area contributed by atoms with Crippen LogP contribution in [0.2, 0.25) is 0 Å². The highest BCUT2D eigenvalue weighted by Crippen LogP contribution is 2.12. The third-order valence-corrected chi connectivity index (χ3v) is 2.46. The van der Waals surface area contributed by atoms with Crippen molar-refractivity contribution in [3.8, 4) is 5.75 Å². The number of benzene rings is 1. The van der Waals surface area contributed by atoms with Gasteiger partial charge in [0, 0.05) is 5.56 Å². The summed E-state index contributed by atoms with van der Waals surface area (Å²) in [5, 5.41) is 20.4. The van der Waals surface area contributed by atoms with Crippen LogP contribution >= 0.6 is 0 Å². The fraction of sp³-hybridized carbons (Fsp3) is 0.385. The molecule has 0 spiro atoms. The molecule has 6 nitrogen and oxygen atoms in total. The number of aliphatic hydroxyl groups excluding tert-OH is 1. The highest BCUT2D eigenvalue weighted by atomic mass is 16.5. The number of amides is 1. The number of carbonyl (C=O) groups excluding carboxylic acids is 1. The molecule has 0 radical (unpaired) electrons. The first-order chi connectivity index (χ1) is 8.95. The topological polar surface area (TPSA) is 95.9 Å². The van der Waals surface area contributed by atoms with Crippen LogP contribution in [0.15, 0.2) is 24.3 Å². The molecule has 0 bridgehead atoms. The largest absolute Gasteiger partial charge is 0.494 e. The van der Waals surface area contributed by atoms with E-state index in [9.17, 15) is 14.7 Å². The molecule has 0 aliphatic carbocycles. The number of carbonyl (C=O) groups is 2. The second-order valence-electron chi connectivity index (χ2n) is 3.99. The van der Waals surface area contributed by atoms with Crippen LogP contribution in [-0.4, -0.2) is 40.8 Å². The van der Waals surface area contributed by atoms with Crippen molar-refractivity contribution in [1.29, 1.82) is 0 Å². The highest BCUT2D eigenvalue weighted by molar-refractivity contribution is 5.96. The minimum atomic E-state index is -1.33. The number of rotatable bonds is 6. The SMILES string of the molecule is CCOc1ccc(C(=O)N[C@@H](C(=O)O)[C@@H](C)O)cc1. The van der Waals surface area contributed by atoms with Crippen molar-refractivity contribution in [2.45, 2.75) is 26.0 Å². The van der Waals surface area contributed by atoms with Gasteiger partial charge in [-0.05, 0) is 38.1 Å². The lowest BCUT2D eigenvalue weighted by Gasteiger charge is -2.17. The molecular weight excluding hydrogens is 250 g/mol. The van der Waals surface area contributed by atoms with Gasteiger partial charge in [-0.15, -0.1) is 0 Å². The molecule has 0 saturated heterocycles. The van der Waals surface area contributed by atoms with Gasteiger partial charge in [-0.25, -0.2) is 4.79 Å². The Morgan fingerprint density at radius 3 is 2.32 bits per heavy atom. The maximum atomic E-state index is 11.8. The molecule has 0 aliphatic heterocycles. The molecule has 0 saturated carbocycles. The van der Waals surface area contributed by atoms with Crippen molar-refractivity contribution in [3.05, 3.63) is 29.8 Å². The quantitative estimate of drug-likeness (QED) is 0.703. The lowest BCUT2D eigenvalue weighted by Crippen LogP contribution is -2.47. The number of aliphatic carboxylic acids is 1. The molecule has 0 unspecified atom stereocenters. The molecule has 0 fully saturated rings. The van der Waals surface area contributed by atoms with Gasteiger partial charge in [-0.3, -0.25) is 4.79 Å². The summed E-state index contributed by atoms with van der Waals surface area (Å²) in [6.07, 6.45) is -1.18. The molecule has 0 heterocycles. The van der Waals surface area contributed by atoms with Crippen LogP contribution in [0.4, 0.5) is 0 Å². The van der Waals surface area contributed by atoms with Gasteiger partial charge in [0.05, 0.1) is 12.7 Å². The zero-order valence-electron chi connectivity index (χ0n) is 10.8. The molecule has 104 valence electrons. The normalized spacial score (nSPS) is 13.4. The predicted molar refractivity (Wildman–Crippen MR) is 68.2 cm³/mol. The zero-order chi connectivity index (χ0) is 14.4. The first-order valence-corrected chi connectivity index (χ1v) is 5.90. The molecule has 0 aliphatic rings. The summed E-state index contributed by atoms with van der Waals surface area (Å²) >= 11 is 0. The lowest BCUT2D eigenvalue weighted by molar-refractivity contribution is -0.141. The van der Waals surface area contributed by atoms with Crippen molar-refractivity contribution >= 4 is 11.9 Å². The molecule has 2 atom stereocenters. The fourth-order valence-electron chi connectivity index (χ4n) is 1.48. The number of hydrogen-bond acceptors (Lipinski definition) is 4. The van der Waals surface area contributed by atoms with Crippen molar-refractivity contribution in [3.63, 3.8) is 0 Å². The minimum absolute atomic E-state index is 0.301. The van der Waals surface area contributed by atoms with E-state index in [1.807, 2.05) is 6.92 Å². The summed E-state index contributed by atoms with van der Waals surface area (Å²) in [6.45, 7) is 3.67. The summed E-state index contributed by atoms with van der Waals surface area (Å²) in [5.41, 5.74) is 0.301. The van der Waals surface area contributed by atoms with Gasteiger partial charge in [-0.1, -0.05) is 0 Å². The molecule has 3 N–H and O–H groups in total. The van der Waals surface area contributed by atoms with Crippen LogP contribution in [0.25, 0.3) is 0 Å². The number of carboxylic acid groups (broad SMARTS) is 1. The molecule has 1 aromatic carbocycles. The second kappa shape index (κ2) is 6.75. The zero-order valence-corrected chi connectivity index (χ0v) is 10.8. The van der Waals surface area contributed by atoms with Crippen LogP contribution in [0.1, 0.15) is 24.2 Å². The molecule has 19 heavy (non-hydrogen) atoms. The third-order valence-electron chi connectivity index (χ3n) is 2.46. The number of aliphatic hydroxyl groups is 1. The summed E-state index contributed by atoms with van der Waals surface area (Å²) in [4.78, 5) is 22.7. The van der Waals surface area contributed by atoms with Gasteiger partial charge >= 0.3 is 5.97 Å². The van der Waals surface area contributed by atoms with Crippen molar-refractivity contribution in [1.82, 2.24) is 5.32 Å². The van der Waals surface area contributed by atoms with E-state index < -0.39 is 24.0 Å². The average molecular weight is 267 g/mol. The van der Waals surface area contributed by atoms with Crippen molar-refractivity contribution in [2.24, 2.45) is 0 Å². The first-order valence-electron chi connectivity index (χ1n) is 5.90. The van der Waals surface area contributed by atoms with Gasteiger partial charge in [-0.2, -0.15) is 0 Å². The monoisotopic (exact) mass is 267 g/mol. The summed E-state index contributed by atoms with van der Waals surface area (Å²) in [5.74, 6) is -1.21. The number of nitrogens with one attached hydrogen (secondary N) is 1. The Morgan fingerprint density at radius 2 is 1.89 bits per heavy atom. The number of hydrogen-bond donors (Lipinski definition) is 3. The summed E-state index contributed by atoms with van der Waals surface area (Å²) in [6, 6.07) is 4.97. The van der Waals surface area contributed by atoms with Crippen LogP contribution in [0.5, 0.6) is 5.75 Å². The molecular formula is C13H17NO5. The molecule has 0 aromatic heterocycles. The van der Waals surface area contributed by atoms with E-state index >= 15 is 0 Å².